The lowest BCUT2D eigenvalue weighted by Crippen LogP contribution is -2.19. The van der Waals surface area contributed by atoms with E-state index in [1.807, 2.05) is 60.0 Å². The number of nitrogens with one attached hydrogen (secondary N) is 1. The number of anilines is 1. The Morgan fingerprint density at radius 2 is 1.72 bits per heavy atom. The first-order valence-electron chi connectivity index (χ1n) is 11.0. The van der Waals surface area contributed by atoms with Gasteiger partial charge in [-0.2, -0.15) is 0 Å². The van der Waals surface area contributed by atoms with Crippen molar-refractivity contribution in [3.63, 3.8) is 0 Å². The van der Waals surface area contributed by atoms with Gasteiger partial charge in [0.2, 0.25) is 5.91 Å². The van der Waals surface area contributed by atoms with Crippen molar-refractivity contribution in [3.8, 4) is 32.4 Å². The minimum Gasteiger partial charge on any atom is -0.324 e. The molecule has 1 N–H and O–H groups in total. The number of amides is 1. The third-order valence-electron chi connectivity index (χ3n) is 5.49. The highest BCUT2D eigenvalue weighted by Crippen LogP contribution is 2.34. The fourth-order valence-corrected chi connectivity index (χ4v) is 5.70. The molecule has 6 rings (SSSR count). The Hall–Kier alpha value is -3.73. The Balaban J connectivity index is 1.12. The Kier molecular flexibility index (Phi) is 6.14. The molecule has 176 valence electrons. The van der Waals surface area contributed by atoms with Gasteiger partial charge in [-0.1, -0.05) is 51.5 Å². The Morgan fingerprint density at radius 1 is 0.944 bits per heavy atom. The third kappa shape index (κ3) is 4.83. The molecule has 0 aliphatic carbocycles. The van der Waals surface area contributed by atoms with Gasteiger partial charge in [0.25, 0.3) is 0 Å². The highest BCUT2D eigenvalue weighted by Gasteiger charge is 2.11. The second kappa shape index (κ2) is 9.73. The van der Waals surface area contributed by atoms with Gasteiger partial charge < -0.3 is 5.32 Å². The highest BCUT2D eigenvalue weighted by atomic mass is 79.9. The van der Waals surface area contributed by atoms with E-state index in [0.717, 1.165) is 52.8 Å². The number of halogens is 1. The van der Waals surface area contributed by atoms with Gasteiger partial charge in [-0.25, -0.2) is 14.6 Å². The molecule has 3 aromatic heterocycles. The number of carbonyl (C=O) groups excluding carboxylic acids is 1. The van der Waals surface area contributed by atoms with Crippen LogP contribution in [-0.2, 0) is 11.3 Å². The molecule has 0 spiro atoms. The molecule has 1 amide bonds. The molecular weight excluding hydrogens is 556 g/mol. The molecule has 0 bridgehead atoms. The predicted octanol–water partition coefficient (Wildman–Crippen LogP) is 6.75. The van der Waals surface area contributed by atoms with Crippen molar-refractivity contribution in [2.45, 2.75) is 6.54 Å². The normalized spacial score (nSPS) is 11.1. The van der Waals surface area contributed by atoms with Crippen LogP contribution in [0.4, 0.5) is 5.69 Å². The van der Waals surface area contributed by atoms with Crippen molar-refractivity contribution < 1.29 is 4.79 Å². The van der Waals surface area contributed by atoms with Crippen molar-refractivity contribution >= 4 is 60.4 Å². The van der Waals surface area contributed by atoms with Crippen molar-refractivity contribution in [1.29, 1.82) is 0 Å². The zero-order valence-corrected chi connectivity index (χ0v) is 21.8. The minimum atomic E-state index is -0.171. The van der Waals surface area contributed by atoms with Crippen LogP contribution in [0.3, 0.4) is 0 Å². The lowest BCUT2D eigenvalue weighted by atomic mass is 10.1. The predicted molar refractivity (Wildman–Crippen MR) is 148 cm³/mol. The average molecular weight is 574 g/mol. The molecule has 36 heavy (non-hydrogen) atoms. The number of rotatable bonds is 6. The van der Waals surface area contributed by atoms with E-state index >= 15 is 0 Å². The number of nitrogens with zero attached hydrogens (tertiary/aromatic N) is 5. The van der Waals surface area contributed by atoms with E-state index in [9.17, 15) is 4.79 Å². The minimum absolute atomic E-state index is 0.0781. The van der Waals surface area contributed by atoms with E-state index in [4.69, 9.17) is 4.98 Å². The molecule has 3 heterocycles. The molecule has 0 atom stereocenters. The Labute approximate surface area is 222 Å². The van der Waals surface area contributed by atoms with Crippen LogP contribution < -0.4 is 5.32 Å². The Bertz CT molecular complexity index is 1660. The average Bonchev–Trinajstić information content (AvgIpc) is 3.65. The molecular formula is C26H17BrN6OS2. The maximum absolute atomic E-state index is 12.6. The van der Waals surface area contributed by atoms with Crippen LogP contribution in [0.1, 0.15) is 0 Å². The van der Waals surface area contributed by atoms with Gasteiger partial charge in [0.05, 0.1) is 16.4 Å². The number of benzene rings is 3. The molecule has 10 heteroatoms. The third-order valence-corrected chi connectivity index (χ3v) is 7.95. The van der Waals surface area contributed by atoms with Gasteiger partial charge in [-0.15, -0.1) is 27.8 Å². The summed E-state index contributed by atoms with van der Waals surface area (Å²) in [4.78, 5) is 21.6. The van der Waals surface area contributed by atoms with Gasteiger partial charge in [0, 0.05) is 27.3 Å². The zero-order valence-electron chi connectivity index (χ0n) is 18.6. The number of fused-ring (bicyclic) bond motifs is 1. The SMILES string of the molecule is O=C(Cn1cc(-c2ccc(Br)cc2)nn1)Nc1ccc(-c2ccc3nc(-c4nccs4)sc3c2)cc1. The monoisotopic (exact) mass is 572 g/mol. The fraction of sp³-hybridized carbons (Fsp3) is 0.0385. The van der Waals surface area contributed by atoms with E-state index in [1.54, 1.807) is 35.1 Å². The summed E-state index contributed by atoms with van der Waals surface area (Å²) >= 11 is 6.66. The lowest BCUT2D eigenvalue weighted by molar-refractivity contribution is -0.116. The standard InChI is InChI=1S/C26H17BrN6OS2/c27-19-6-1-17(2-7-19)22-14-33(32-31-22)15-24(34)29-20-8-3-16(4-9-20)18-5-10-21-23(13-18)36-26(30-21)25-28-11-12-35-25/h1-14H,15H2,(H,29,34). The summed E-state index contributed by atoms with van der Waals surface area (Å²) in [5, 5.41) is 15.0. The number of hydrogen-bond donors (Lipinski definition) is 1. The van der Waals surface area contributed by atoms with Gasteiger partial charge in [0.15, 0.2) is 10.0 Å². The summed E-state index contributed by atoms with van der Waals surface area (Å²) in [6.45, 7) is 0.0781. The molecule has 3 aromatic carbocycles. The van der Waals surface area contributed by atoms with Crippen LogP contribution in [-0.4, -0.2) is 30.9 Å². The highest BCUT2D eigenvalue weighted by molar-refractivity contribution is 9.10. The summed E-state index contributed by atoms with van der Waals surface area (Å²) in [7, 11) is 0. The molecule has 0 unspecified atom stereocenters. The molecule has 0 saturated carbocycles. The quantitative estimate of drug-likeness (QED) is 0.238. The summed E-state index contributed by atoms with van der Waals surface area (Å²) < 4.78 is 3.64. The van der Waals surface area contributed by atoms with Crippen LogP contribution in [0.25, 0.3) is 42.6 Å². The van der Waals surface area contributed by atoms with Gasteiger partial charge in [-0.05, 0) is 47.5 Å². The summed E-state index contributed by atoms with van der Waals surface area (Å²) in [5.41, 5.74) is 5.51. The molecule has 0 aliphatic heterocycles. The fourth-order valence-electron chi connectivity index (χ4n) is 3.75. The van der Waals surface area contributed by atoms with E-state index < -0.39 is 0 Å². The summed E-state index contributed by atoms with van der Waals surface area (Å²) in [5.74, 6) is -0.171. The topological polar surface area (TPSA) is 85.6 Å². The van der Waals surface area contributed by atoms with Gasteiger partial charge in [0.1, 0.15) is 12.2 Å². The first kappa shape index (κ1) is 22.7. The lowest BCUT2D eigenvalue weighted by Gasteiger charge is -2.07. The molecule has 0 radical (unpaired) electrons. The smallest absolute Gasteiger partial charge is 0.246 e. The van der Waals surface area contributed by atoms with Crippen LogP contribution >= 0.6 is 38.6 Å². The largest absolute Gasteiger partial charge is 0.324 e. The molecule has 6 aromatic rings. The number of hydrogen-bond acceptors (Lipinski definition) is 7. The maximum Gasteiger partial charge on any atom is 0.246 e. The summed E-state index contributed by atoms with van der Waals surface area (Å²) in [6.07, 6.45) is 3.56. The number of carbonyl (C=O) groups is 1. The van der Waals surface area contributed by atoms with Crippen LogP contribution in [0.15, 0.2) is 89.0 Å². The second-order valence-corrected chi connectivity index (χ2v) is 10.8. The van der Waals surface area contributed by atoms with E-state index in [1.165, 1.54) is 4.68 Å². The van der Waals surface area contributed by atoms with Crippen molar-refractivity contribution in [1.82, 2.24) is 25.0 Å². The maximum atomic E-state index is 12.6. The molecule has 7 nitrogen and oxygen atoms in total. The number of thiazole rings is 2. The second-order valence-electron chi connectivity index (χ2n) is 7.97. The van der Waals surface area contributed by atoms with Crippen molar-refractivity contribution in [2.24, 2.45) is 0 Å². The zero-order chi connectivity index (χ0) is 24.5. The summed E-state index contributed by atoms with van der Waals surface area (Å²) in [6, 6.07) is 21.8. The van der Waals surface area contributed by atoms with Crippen LogP contribution in [0.5, 0.6) is 0 Å². The first-order chi connectivity index (χ1) is 17.6. The van der Waals surface area contributed by atoms with Crippen molar-refractivity contribution in [2.75, 3.05) is 5.32 Å². The van der Waals surface area contributed by atoms with E-state index in [0.29, 0.717) is 0 Å². The van der Waals surface area contributed by atoms with E-state index in [2.05, 4.69) is 48.7 Å². The van der Waals surface area contributed by atoms with Crippen LogP contribution in [0.2, 0.25) is 0 Å². The Morgan fingerprint density at radius 3 is 2.50 bits per heavy atom. The van der Waals surface area contributed by atoms with Crippen molar-refractivity contribution in [3.05, 3.63) is 89.0 Å². The molecule has 0 aliphatic rings. The van der Waals surface area contributed by atoms with Gasteiger partial charge in [-0.3, -0.25) is 4.79 Å². The van der Waals surface area contributed by atoms with Gasteiger partial charge >= 0.3 is 0 Å². The molecule has 0 fully saturated rings. The number of aromatic nitrogens is 5. The first-order valence-corrected chi connectivity index (χ1v) is 13.5. The van der Waals surface area contributed by atoms with E-state index in [-0.39, 0.29) is 12.5 Å². The van der Waals surface area contributed by atoms with Crippen LogP contribution in [0, 0.1) is 0 Å². The molecule has 0 saturated heterocycles.